The topological polar surface area (TPSA) is 122 Å². The summed E-state index contributed by atoms with van der Waals surface area (Å²) >= 11 is 0. The molecule has 0 radical (unpaired) electrons. The van der Waals surface area contributed by atoms with Crippen molar-refractivity contribution in [3.63, 3.8) is 0 Å². The Morgan fingerprint density at radius 2 is 1.38 bits per heavy atom. The number of aromatic hydroxyl groups is 1. The van der Waals surface area contributed by atoms with Crippen molar-refractivity contribution in [3.8, 4) is 22.9 Å². The standard InChI is InChI=1S/C40H33N3O7/c1-49-32-20-27(44)21-33(50-2)35(32)36-28-18-19-41-38(47)42(26-16-10-5-11-17-26)39(48)43(41)31(28)23-30-37(46)29(24-12-6-3-7-13-24)22-34(45)40(30,36)25-14-8-4-9-15-25/h3-18,20-22,30-31,36,44H,19,23H2,1-2H3. The molecular weight excluding hydrogens is 634 g/mol. The number of fused-ring (bicyclic) bond motifs is 4. The van der Waals surface area contributed by atoms with Gasteiger partial charge in [0.25, 0.3) is 0 Å². The molecule has 1 N–H and O–H groups in total. The van der Waals surface area contributed by atoms with E-state index in [2.05, 4.69) is 0 Å². The number of allylic oxidation sites excluding steroid dienone is 4. The van der Waals surface area contributed by atoms with Crippen LogP contribution in [0.4, 0.5) is 0 Å². The van der Waals surface area contributed by atoms with Crippen LogP contribution in [0.1, 0.15) is 35.1 Å². The first-order valence-electron chi connectivity index (χ1n) is 16.4. The average molecular weight is 668 g/mol. The summed E-state index contributed by atoms with van der Waals surface area (Å²) in [6.07, 6.45) is 3.39. The summed E-state index contributed by atoms with van der Waals surface area (Å²) in [4.78, 5) is 58.6. The molecule has 8 rings (SSSR count). The second kappa shape index (κ2) is 11.8. The van der Waals surface area contributed by atoms with Gasteiger partial charge in [0.05, 0.1) is 37.9 Å². The molecule has 2 aliphatic carbocycles. The van der Waals surface area contributed by atoms with E-state index < -0.39 is 34.7 Å². The molecule has 5 aromatic rings. The molecule has 10 nitrogen and oxygen atoms in total. The second-order valence-corrected chi connectivity index (χ2v) is 12.8. The van der Waals surface area contributed by atoms with Gasteiger partial charge in [-0.05, 0) is 41.3 Å². The number of carbonyl (C=O) groups is 2. The van der Waals surface area contributed by atoms with Gasteiger partial charge in [0.2, 0.25) is 0 Å². The van der Waals surface area contributed by atoms with E-state index in [1.165, 1.54) is 41.8 Å². The highest BCUT2D eigenvalue weighted by molar-refractivity contribution is 6.31. The fraction of sp³-hybridized carbons (Fsp3) is 0.200. The molecule has 4 atom stereocenters. The number of carbonyl (C=O) groups excluding carboxylic acids is 2. The molecule has 0 spiro atoms. The molecule has 3 aliphatic rings. The Bertz CT molecular complexity index is 2330. The summed E-state index contributed by atoms with van der Waals surface area (Å²) in [7, 11) is 2.92. The fourth-order valence-corrected chi connectivity index (χ4v) is 8.46. The van der Waals surface area contributed by atoms with Crippen molar-refractivity contribution in [1.82, 2.24) is 13.9 Å². The number of aromatic nitrogens is 3. The van der Waals surface area contributed by atoms with Crippen molar-refractivity contribution in [2.24, 2.45) is 5.92 Å². The van der Waals surface area contributed by atoms with Crippen LogP contribution < -0.4 is 20.9 Å². The zero-order valence-corrected chi connectivity index (χ0v) is 27.4. The minimum atomic E-state index is -1.51. The number of benzene rings is 4. The number of para-hydroxylation sites is 1. The molecule has 50 heavy (non-hydrogen) atoms. The highest BCUT2D eigenvalue weighted by Crippen LogP contribution is 2.63. The molecule has 0 saturated heterocycles. The van der Waals surface area contributed by atoms with Gasteiger partial charge in [-0.1, -0.05) is 84.9 Å². The van der Waals surface area contributed by atoms with Gasteiger partial charge in [0.15, 0.2) is 11.6 Å². The van der Waals surface area contributed by atoms with Gasteiger partial charge < -0.3 is 14.6 Å². The van der Waals surface area contributed by atoms with Gasteiger partial charge in [-0.3, -0.25) is 9.59 Å². The lowest BCUT2D eigenvalue weighted by Crippen LogP contribution is -2.58. The van der Waals surface area contributed by atoms with Crippen molar-refractivity contribution >= 4 is 17.1 Å². The fourth-order valence-electron chi connectivity index (χ4n) is 8.46. The lowest BCUT2D eigenvalue weighted by Gasteiger charge is -2.54. The Labute approximate surface area is 286 Å². The van der Waals surface area contributed by atoms with E-state index in [-0.39, 0.29) is 47.4 Å². The number of hydrogen-bond donors (Lipinski definition) is 1. The van der Waals surface area contributed by atoms with Crippen LogP contribution in [0.3, 0.4) is 0 Å². The maximum Gasteiger partial charge on any atom is 0.352 e. The summed E-state index contributed by atoms with van der Waals surface area (Å²) in [6, 6.07) is 29.1. The van der Waals surface area contributed by atoms with Crippen LogP contribution in [0.2, 0.25) is 0 Å². The third kappa shape index (κ3) is 4.34. The number of ether oxygens (including phenoxy) is 2. The van der Waals surface area contributed by atoms with Gasteiger partial charge in [-0.15, -0.1) is 0 Å². The minimum absolute atomic E-state index is 0.0434. The molecule has 1 aliphatic heterocycles. The Balaban J connectivity index is 1.47. The molecule has 250 valence electrons. The third-order valence-corrected chi connectivity index (χ3v) is 10.5. The van der Waals surface area contributed by atoms with E-state index in [1.54, 1.807) is 42.5 Å². The maximum atomic E-state index is 15.2. The van der Waals surface area contributed by atoms with Gasteiger partial charge >= 0.3 is 11.4 Å². The highest BCUT2D eigenvalue weighted by Gasteiger charge is 2.64. The van der Waals surface area contributed by atoms with Crippen molar-refractivity contribution in [2.45, 2.75) is 30.3 Å². The normalized spacial score (nSPS) is 22.5. The van der Waals surface area contributed by atoms with Crippen LogP contribution in [0.15, 0.2) is 130 Å². The van der Waals surface area contributed by atoms with E-state index >= 15 is 9.59 Å². The summed E-state index contributed by atoms with van der Waals surface area (Å²) in [5.74, 6) is -2.06. The van der Waals surface area contributed by atoms with Crippen molar-refractivity contribution in [1.29, 1.82) is 0 Å². The monoisotopic (exact) mass is 667 g/mol. The van der Waals surface area contributed by atoms with Crippen molar-refractivity contribution in [2.75, 3.05) is 14.2 Å². The highest BCUT2D eigenvalue weighted by atomic mass is 16.5. The molecule has 1 saturated carbocycles. The van der Waals surface area contributed by atoms with E-state index in [4.69, 9.17) is 9.47 Å². The second-order valence-electron chi connectivity index (χ2n) is 12.8. The van der Waals surface area contributed by atoms with Crippen LogP contribution in [0.5, 0.6) is 17.2 Å². The van der Waals surface area contributed by atoms with Crippen LogP contribution >= 0.6 is 0 Å². The number of hydrogen-bond acceptors (Lipinski definition) is 7. The quantitative estimate of drug-likeness (QED) is 0.254. The molecular formula is C40H33N3O7. The van der Waals surface area contributed by atoms with Crippen LogP contribution in [-0.2, 0) is 21.5 Å². The number of phenolic OH excluding ortho intramolecular Hbond substituents is 1. The van der Waals surface area contributed by atoms with E-state index in [0.717, 1.165) is 4.57 Å². The van der Waals surface area contributed by atoms with Gasteiger partial charge in [-0.2, -0.15) is 0 Å². The van der Waals surface area contributed by atoms with Crippen LogP contribution in [0.25, 0.3) is 11.3 Å². The van der Waals surface area contributed by atoms with E-state index in [0.29, 0.717) is 28.0 Å². The summed E-state index contributed by atoms with van der Waals surface area (Å²) in [6.45, 7) is 0.0434. The first kappa shape index (κ1) is 31.1. The predicted molar refractivity (Wildman–Crippen MR) is 186 cm³/mol. The molecule has 1 aromatic heterocycles. The Kier molecular flexibility index (Phi) is 7.32. The minimum Gasteiger partial charge on any atom is -0.508 e. The SMILES string of the molecule is COc1cc(O)cc(OC)c1C1C2=CCn3c(=O)n(-c4ccccc4)c(=O)n3C2CC2C(=O)C(c3ccccc3)=CC(=O)C21c1ccccc1. The molecule has 2 heterocycles. The maximum absolute atomic E-state index is 15.2. The molecule has 0 amide bonds. The largest absolute Gasteiger partial charge is 0.508 e. The summed E-state index contributed by atoms with van der Waals surface area (Å²) in [5.41, 5.74) is 0.465. The van der Waals surface area contributed by atoms with E-state index in [9.17, 15) is 14.7 Å². The predicted octanol–water partition coefficient (Wildman–Crippen LogP) is 4.98. The van der Waals surface area contributed by atoms with Gasteiger partial charge in [0.1, 0.15) is 17.2 Å². The van der Waals surface area contributed by atoms with Crippen molar-refractivity contribution < 1.29 is 24.2 Å². The number of nitrogens with zero attached hydrogens (tertiary/aromatic N) is 3. The first-order chi connectivity index (χ1) is 24.3. The molecule has 1 fully saturated rings. The van der Waals surface area contributed by atoms with Gasteiger partial charge in [-0.25, -0.2) is 23.5 Å². The zero-order chi connectivity index (χ0) is 34.7. The summed E-state index contributed by atoms with van der Waals surface area (Å²) in [5, 5.41) is 10.7. The number of phenols is 1. The molecule has 0 bridgehead atoms. The lowest BCUT2D eigenvalue weighted by molar-refractivity contribution is -0.133. The number of ketones is 2. The van der Waals surface area contributed by atoms with Crippen LogP contribution in [-0.4, -0.2) is 44.8 Å². The first-order valence-corrected chi connectivity index (χ1v) is 16.4. The molecule has 10 heteroatoms. The van der Waals surface area contributed by atoms with E-state index in [1.807, 2.05) is 54.6 Å². The van der Waals surface area contributed by atoms with Crippen molar-refractivity contribution in [3.05, 3.63) is 159 Å². The average Bonchev–Trinajstić information content (AvgIpc) is 3.41. The van der Waals surface area contributed by atoms with Crippen LogP contribution in [0, 0.1) is 5.92 Å². The van der Waals surface area contributed by atoms with Gasteiger partial charge in [0, 0.05) is 35.1 Å². The third-order valence-electron chi connectivity index (χ3n) is 10.5. The Hall–Kier alpha value is -6.16. The summed E-state index contributed by atoms with van der Waals surface area (Å²) < 4.78 is 15.7. The molecule has 4 unspecified atom stereocenters. The Morgan fingerprint density at radius 1 is 0.780 bits per heavy atom. The molecule has 4 aromatic carbocycles. The zero-order valence-electron chi connectivity index (χ0n) is 27.4. The number of methoxy groups -OCH3 is 2. The smallest absolute Gasteiger partial charge is 0.352 e. The number of rotatable bonds is 6. The Morgan fingerprint density at radius 3 is 2.00 bits per heavy atom. The number of Topliss-reactive ketones (excluding diaryl/α,β-unsaturated/α-hetero) is 1. The lowest BCUT2D eigenvalue weighted by atomic mass is 9.47.